The van der Waals surface area contributed by atoms with E-state index in [1.165, 1.54) is 16.7 Å². The summed E-state index contributed by atoms with van der Waals surface area (Å²) in [6.07, 6.45) is 1.13. The van der Waals surface area contributed by atoms with E-state index in [0.717, 1.165) is 44.1 Å². The van der Waals surface area contributed by atoms with E-state index < -0.39 is 0 Å². The van der Waals surface area contributed by atoms with Crippen LogP contribution in [0.5, 0.6) is 11.5 Å². The Morgan fingerprint density at radius 1 is 0.677 bits per heavy atom. The first-order chi connectivity index (χ1) is 15.0. The molecule has 0 saturated carbocycles. The van der Waals surface area contributed by atoms with Gasteiger partial charge < -0.3 is 9.64 Å². The molecule has 0 amide bonds. The smallest absolute Gasteiger partial charge is 0.127 e. The molecule has 0 atom stereocenters. The molecule has 3 rings (SSSR count). The minimum Gasteiger partial charge on any atom is -0.457 e. The van der Waals surface area contributed by atoms with Gasteiger partial charge in [-0.1, -0.05) is 68.4 Å². The summed E-state index contributed by atoms with van der Waals surface area (Å²) in [6, 6.07) is 27.5. The normalized spacial score (nSPS) is 11.5. The second-order valence-electron chi connectivity index (χ2n) is 8.99. The summed E-state index contributed by atoms with van der Waals surface area (Å²) in [5.41, 5.74) is 4.08. The van der Waals surface area contributed by atoms with E-state index in [9.17, 15) is 0 Å². The van der Waals surface area contributed by atoms with Crippen LogP contribution in [-0.4, -0.2) is 37.0 Å². The van der Waals surface area contributed by atoms with E-state index in [0.29, 0.717) is 5.92 Å². The average Bonchev–Trinajstić information content (AvgIpc) is 2.73. The SMILES string of the molecule is CC(C)Cc1cccc(CN(CCN(C)C)Cc2cccc(Oc3ccccc3)c2)c1. The standard InChI is InChI=1S/C28H36N2O/c1-23(2)18-24-10-8-11-25(19-24)21-30(17-16-29(3)4)22-26-12-9-15-28(20-26)31-27-13-6-5-7-14-27/h5-15,19-20,23H,16-18,21-22H2,1-4H3. The number of hydrogen-bond donors (Lipinski definition) is 0. The lowest BCUT2D eigenvalue weighted by Crippen LogP contribution is -2.31. The third-order valence-electron chi connectivity index (χ3n) is 5.19. The summed E-state index contributed by atoms with van der Waals surface area (Å²) in [5, 5.41) is 0. The van der Waals surface area contributed by atoms with Gasteiger partial charge in [-0.3, -0.25) is 4.90 Å². The topological polar surface area (TPSA) is 15.7 Å². The van der Waals surface area contributed by atoms with Crippen LogP contribution in [0.4, 0.5) is 0 Å². The number of likely N-dealkylation sites (N-methyl/N-ethyl adjacent to an activating group) is 1. The monoisotopic (exact) mass is 416 g/mol. The Hall–Kier alpha value is -2.62. The van der Waals surface area contributed by atoms with E-state index in [-0.39, 0.29) is 0 Å². The summed E-state index contributed by atoms with van der Waals surface area (Å²) in [5.74, 6) is 2.42. The second kappa shape index (κ2) is 11.7. The van der Waals surface area contributed by atoms with Crippen LogP contribution < -0.4 is 4.74 Å². The van der Waals surface area contributed by atoms with Gasteiger partial charge in [-0.25, -0.2) is 0 Å². The lowest BCUT2D eigenvalue weighted by Gasteiger charge is -2.25. The van der Waals surface area contributed by atoms with E-state index in [1.807, 2.05) is 36.4 Å². The highest BCUT2D eigenvalue weighted by Gasteiger charge is 2.10. The van der Waals surface area contributed by atoms with Crippen molar-refractivity contribution in [2.75, 3.05) is 27.2 Å². The van der Waals surface area contributed by atoms with Crippen LogP contribution in [0.15, 0.2) is 78.9 Å². The molecule has 0 heterocycles. The summed E-state index contributed by atoms with van der Waals surface area (Å²) in [4.78, 5) is 4.77. The van der Waals surface area contributed by atoms with E-state index in [1.54, 1.807) is 0 Å². The minimum absolute atomic E-state index is 0.674. The van der Waals surface area contributed by atoms with Crippen LogP contribution in [0.1, 0.15) is 30.5 Å². The van der Waals surface area contributed by atoms with Gasteiger partial charge >= 0.3 is 0 Å². The highest BCUT2D eigenvalue weighted by molar-refractivity contribution is 5.34. The Kier molecular flexibility index (Phi) is 8.69. The molecular formula is C28H36N2O. The van der Waals surface area contributed by atoms with Crippen molar-refractivity contribution in [2.24, 2.45) is 5.92 Å². The summed E-state index contributed by atoms with van der Waals surface area (Å²) in [6.45, 7) is 8.45. The molecule has 0 fully saturated rings. The van der Waals surface area contributed by atoms with Crippen LogP contribution in [0, 0.1) is 5.92 Å². The third kappa shape index (κ3) is 8.20. The fourth-order valence-corrected chi connectivity index (χ4v) is 3.73. The van der Waals surface area contributed by atoms with Crippen LogP contribution in [0.2, 0.25) is 0 Å². The van der Waals surface area contributed by atoms with E-state index in [4.69, 9.17) is 4.74 Å². The van der Waals surface area contributed by atoms with Gasteiger partial charge in [0.05, 0.1) is 0 Å². The number of hydrogen-bond acceptors (Lipinski definition) is 3. The van der Waals surface area contributed by atoms with Gasteiger partial charge in [0.2, 0.25) is 0 Å². The summed E-state index contributed by atoms with van der Waals surface area (Å²) >= 11 is 0. The Morgan fingerprint density at radius 2 is 1.29 bits per heavy atom. The first-order valence-electron chi connectivity index (χ1n) is 11.2. The molecule has 3 heteroatoms. The van der Waals surface area contributed by atoms with Gasteiger partial charge in [0.15, 0.2) is 0 Å². The van der Waals surface area contributed by atoms with Crippen LogP contribution in [-0.2, 0) is 19.5 Å². The molecule has 0 aliphatic carbocycles. The zero-order valence-corrected chi connectivity index (χ0v) is 19.4. The molecule has 164 valence electrons. The number of benzene rings is 3. The van der Waals surface area contributed by atoms with E-state index in [2.05, 4.69) is 80.2 Å². The van der Waals surface area contributed by atoms with Gasteiger partial charge in [-0.15, -0.1) is 0 Å². The summed E-state index contributed by atoms with van der Waals surface area (Å²) < 4.78 is 6.04. The fourth-order valence-electron chi connectivity index (χ4n) is 3.73. The highest BCUT2D eigenvalue weighted by Crippen LogP contribution is 2.23. The van der Waals surface area contributed by atoms with Crippen molar-refractivity contribution in [1.29, 1.82) is 0 Å². The fraction of sp³-hybridized carbons (Fsp3) is 0.357. The molecule has 0 aliphatic heterocycles. The number of rotatable bonds is 11. The molecule has 0 N–H and O–H groups in total. The second-order valence-corrected chi connectivity index (χ2v) is 8.99. The van der Waals surface area contributed by atoms with Gasteiger partial charge in [0.1, 0.15) is 11.5 Å². The Bertz CT molecular complexity index is 921. The molecule has 3 nitrogen and oxygen atoms in total. The van der Waals surface area contributed by atoms with Crippen molar-refractivity contribution in [3.63, 3.8) is 0 Å². The summed E-state index contributed by atoms with van der Waals surface area (Å²) in [7, 11) is 4.27. The molecule has 0 aromatic heterocycles. The minimum atomic E-state index is 0.674. The van der Waals surface area contributed by atoms with Crippen molar-refractivity contribution in [3.8, 4) is 11.5 Å². The predicted octanol–water partition coefficient (Wildman–Crippen LogP) is 6.24. The lowest BCUT2D eigenvalue weighted by molar-refractivity contribution is 0.226. The molecule has 0 bridgehead atoms. The average molecular weight is 417 g/mol. The van der Waals surface area contributed by atoms with Crippen LogP contribution in [0.3, 0.4) is 0 Å². The number of para-hydroxylation sites is 1. The molecule has 0 unspecified atom stereocenters. The highest BCUT2D eigenvalue weighted by atomic mass is 16.5. The molecule has 0 spiro atoms. The molecule has 0 aliphatic rings. The molecule has 0 radical (unpaired) electrons. The number of ether oxygens (including phenoxy) is 1. The van der Waals surface area contributed by atoms with E-state index >= 15 is 0 Å². The largest absolute Gasteiger partial charge is 0.457 e. The van der Waals surface area contributed by atoms with Gasteiger partial charge in [-0.05, 0) is 67.4 Å². The lowest BCUT2D eigenvalue weighted by atomic mass is 10.0. The Morgan fingerprint density at radius 3 is 1.97 bits per heavy atom. The molecule has 31 heavy (non-hydrogen) atoms. The van der Waals surface area contributed by atoms with Crippen LogP contribution in [0.25, 0.3) is 0 Å². The van der Waals surface area contributed by atoms with Gasteiger partial charge in [0.25, 0.3) is 0 Å². The first kappa shape index (κ1) is 23.1. The first-order valence-corrected chi connectivity index (χ1v) is 11.2. The van der Waals surface area contributed by atoms with Crippen molar-refractivity contribution < 1.29 is 4.74 Å². The maximum Gasteiger partial charge on any atom is 0.127 e. The molecule has 3 aromatic rings. The quantitative estimate of drug-likeness (QED) is 0.368. The van der Waals surface area contributed by atoms with Crippen molar-refractivity contribution in [1.82, 2.24) is 9.80 Å². The van der Waals surface area contributed by atoms with Gasteiger partial charge in [-0.2, -0.15) is 0 Å². The van der Waals surface area contributed by atoms with Crippen molar-refractivity contribution in [3.05, 3.63) is 95.6 Å². The zero-order valence-electron chi connectivity index (χ0n) is 19.4. The van der Waals surface area contributed by atoms with Crippen LogP contribution >= 0.6 is 0 Å². The molecule has 0 saturated heterocycles. The van der Waals surface area contributed by atoms with Gasteiger partial charge in [0, 0.05) is 26.2 Å². The zero-order chi connectivity index (χ0) is 22.1. The Balaban J connectivity index is 1.71. The maximum absolute atomic E-state index is 6.04. The number of nitrogens with zero attached hydrogens (tertiary/aromatic N) is 2. The molecule has 3 aromatic carbocycles. The molecular weight excluding hydrogens is 380 g/mol. The van der Waals surface area contributed by atoms with Crippen molar-refractivity contribution in [2.45, 2.75) is 33.4 Å². The maximum atomic E-state index is 6.04. The third-order valence-corrected chi connectivity index (χ3v) is 5.19. The Labute approximate surface area is 188 Å². The predicted molar refractivity (Wildman–Crippen MR) is 131 cm³/mol. The van der Waals surface area contributed by atoms with Crippen molar-refractivity contribution >= 4 is 0 Å².